The van der Waals surface area contributed by atoms with Gasteiger partial charge in [0.15, 0.2) is 0 Å². The molecule has 0 bridgehead atoms. The molecule has 3 amide bonds. The van der Waals surface area contributed by atoms with Crippen molar-refractivity contribution in [1.29, 1.82) is 0 Å². The van der Waals surface area contributed by atoms with E-state index in [0.717, 1.165) is 4.42 Å². The number of amides is 3. The van der Waals surface area contributed by atoms with E-state index in [2.05, 4.69) is 0 Å². The fraction of sp³-hybridized carbons (Fsp3) is 0.600. The van der Waals surface area contributed by atoms with E-state index >= 15 is 0 Å². The van der Waals surface area contributed by atoms with Crippen molar-refractivity contribution in [2.24, 2.45) is 0 Å². The Morgan fingerprint density at radius 3 is 2.00 bits per heavy atom. The normalized spacial score (nSPS) is 23.2. The molecular weight excluding hydrogens is 166 g/mol. The number of halogens is 1. The van der Waals surface area contributed by atoms with Crippen molar-refractivity contribution in [2.45, 2.75) is 19.4 Å². The molecule has 1 heterocycles. The molecule has 1 rings (SSSR count). The maximum atomic E-state index is 11.1. The zero-order valence-corrected chi connectivity index (χ0v) is 6.92. The van der Waals surface area contributed by atoms with Crippen molar-refractivity contribution >= 4 is 31.7 Å². The van der Waals surface area contributed by atoms with Crippen LogP contribution < -0.4 is 0 Å². The predicted molar refractivity (Wildman–Crippen MR) is 39.8 cm³/mol. The molecule has 0 aliphatic carbocycles. The number of rotatable bonds is 0. The van der Waals surface area contributed by atoms with Gasteiger partial charge in [-0.15, -0.1) is 0 Å². The fourth-order valence-corrected chi connectivity index (χ4v) is 0.953. The van der Waals surface area contributed by atoms with Gasteiger partial charge in [-0.1, -0.05) is 0 Å². The minimum atomic E-state index is -1.03. The van der Waals surface area contributed by atoms with Crippen LogP contribution in [0.25, 0.3) is 0 Å². The lowest BCUT2D eigenvalue weighted by atomic mass is 10.1. The van der Waals surface area contributed by atoms with Crippen LogP contribution in [-0.2, 0) is 4.79 Å². The Labute approximate surface area is 70.6 Å². The number of carbonyl (C=O) groups is 2. The van der Waals surface area contributed by atoms with Crippen molar-refractivity contribution in [3.8, 4) is 0 Å². The molecule has 2 radical (unpaired) electrons. The molecule has 1 aliphatic rings. The second kappa shape index (κ2) is 2.14. The summed E-state index contributed by atoms with van der Waals surface area (Å²) in [6.07, 6.45) is 0. The minimum absolute atomic E-state index is 0.502. The van der Waals surface area contributed by atoms with Crippen LogP contribution in [0.5, 0.6) is 0 Å². The van der Waals surface area contributed by atoms with Crippen molar-refractivity contribution in [3.63, 3.8) is 0 Å². The smallest absolute Gasteiger partial charge is 0.320 e. The van der Waals surface area contributed by atoms with Crippen LogP contribution >= 0.6 is 11.8 Å². The Kier molecular flexibility index (Phi) is 1.63. The second-order valence-electron chi connectivity index (χ2n) is 2.80. The lowest BCUT2D eigenvalue weighted by Gasteiger charge is -2.19. The highest BCUT2D eigenvalue weighted by molar-refractivity contribution is 6.36. The van der Waals surface area contributed by atoms with E-state index in [1.54, 1.807) is 0 Å². The van der Waals surface area contributed by atoms with Crippen molar-refractivity contribution in [3.05, 3.63) is 0 Å². The molecule has 0 atom stereocenters. The zero-order chi connectivity index (χ0) is 8.81. The molecule has 6 heteroatoms. The largest absolute Gasteiger partial charge is 0.328 e. The van der Waals surface area contributed by atoms with E-state index in [-0.39, 0.29) is 0 Å². The number of hydrogen-bond acceptors (Lipinski definition) is 2. The van der Waals surface area contributed by atoms with Gasteiger partial charge in [-0.2, -0.15) is 0 Å². The van der Waals surface area contributed by atoms with Crippen LogP contribution in [0.2, 0.25) is 0 Å². The highest BCUT2D eigenvalue weighted by atomic mass is 35.5. The number of hydrogen-bond donors (Lipinski definition) is 0. The van der Waals surface area contributed by atoms with Crippen LogP contribution in [0.15, 0.2) is 0 Å². The van der Waals surface area contributed by atoms with Crippen LogP contribution in [0.1, 0.15) is 13.8 Å². The van der Waals surface area contributed by atoms with E-state index in [1.807, 2.05) is 0 Å². The Bertz CT molecular complexity index is 231. The molecule has 0 spiro atoms. The van der Waals surface area contributed by atoms with Crippen molar-refractivity contribution < 1.29 is 9.59 Å². The van der Waals surface area contributed by atoms with E-state index in [9.17, 15) is 9.59 Å². The van der Waals surface area contributed by atoms with E-state index < -0.39 is 17.5 Å². The molecule has 0 N–H and O–H groups in total. The van der Waals surface area contributed by atoms with Gasteiger partial charge in [0.05, 0.1) is 0 Å². The Morgan fingerprint density at radius 1 is 1.45 bits per heavy atom. The summed E-state index contributed by atoms with van der Waals surface area (Å²) in [6, 6.07) is -0.693. The van der Waals surface area contributed by atoms with Gasteiger partial charge in [-0.05, 0) is 13.8 Å². The molecule has 1 fully saturated rings. The first-order valence-corrected chi connectivity index (χ1v) is 3.32. The van der Waals surface area contributed by atoms with Gasteiger partial charge in [0.2, 0.25) is 13.9 Å². The highest BCUT2D eigenvalue weighted by Gasteiger charge is 2.48. The first-order valence-electron chi connectivity index (χ1n) is 2.98. The topological polar surface area (TPSA) is 40.6 Å². The molecule has 0 aromatic heterocycles. The third-order valence-corrected chi connectivity index (χ3v) is 2.17. The van der Waals surface area contributed by atoms with Crippen LogP contribution in [-0.4, -0.2) is 34.7 Å². The lowest BCUT2D eigenvalue weighted by Crippen LogP contribution is -2.38. The van der Waals surface area contributed by atoms with Gasteiger partial charge in [-0.3, -0.25) is 4.79 Å². The van der Waals surface area contributed by atoms with Gasteiger partial charge in [0.25, 0.3) is 0 Å². The third-order valence-electron chi connectivity index (χ3n) is 1.61. The average Bonchev–Trinajstić information content (AvgIpc) is 2.06. The maximum absolute atomic E-state index is 11.1. The highest BCUT2D eigenvalue weighted by Crippen LogP contribution is 2.27. The van der Waals surface area contributed by atoms with E-state index in [1.165, 1.54) is 13.8 Å². The molecule has 11 heavy (non-hydrogen) atoms. The quantitative estimate of drug-likeness (QED) is 0.299. The first-order chi connectivity index (χ1) is 4.89. The number of nitrogens with zero attached hydrogens (tertiary/aromatic N) is 2. The summed E-state index contributed by atoms with van der Waals surface area (Å²) in [7, 11) is 5.10. The minimum Gasteiger partial charge on any atom is -0.320 e. The molecule has 4 nitrogen and oxygen atoms in total. The maximum Gasteiger partial charge on any atom is 0.328 e. The average molecular weight is 172 g/mol. The van der Waals surface area contributed by atoms with E-state index in [0.29, 0.717) is 4.81 Å². The second-order valence-corrected chi connectivity index (χ2v) is 3.14. The van der Waals surface area contributed by atoms with Gasteiger partial charge < -0.3 is 4.81 Å². The Hall–Kier alpha value is -0.705. The summed E-state index contributed by atoms with van der Waals surface area (Å²) >= 11 is 5.49. The molecular formula is C5H6BClN2O2. The zero-order valence-electron chi connectivity index (χ0n) is 6.17. The van der Waals surface area contributed by atoms with E-state index in [4.69, 9.17) is 19.8 Å². The molecule has 1 aliphatic heterocycles. The summed E-state index contributed by atoms with van der Waals surface area (Å²) in [5.41, 5.74) is -1.03. The Morgan fingerprint density at radius 2 is 1.91 bits per heavy atom. The molecule has 0 saturated carbocycles. The monoisotopic (exact) mass is 172 g/mol. The van der Waals surface area contributed by atoms with Crippen molar-refractivity contribution in [2.75, 3.05) is 0 Å². The number of urea groups is 1. The number of imide groups is 1. The lowest BCUT2D eigenvalue weighted by molar-refractivity contribution is -0.127. The SMILES string of the molecule is [B]N1C(=O)N(Cl)C(C)(C)C1=O. The fourth-order valence-electron chi connectivity index (χ4n) is 0.799. The molecule has 0 aromatic rings. The molecule has 1 saturated heterocycles. The first kappa shape index (κ1) is 8.39. The van der Waals surface area contributed by atoms with Crippen molar-refractivity contribution in [1.82, 2.24) is 9.23 Å². The summed E-state index contributed by atoms with van der Waals surface area (Å²) in [5.74, 6) is -0.502. The summed E-state index contributed by atoms with van der Waals surface area (Å²) in [4.78, 5) is 22.5. The summed E-state index contributed by atoms with van der Waals surface area (Å²) in [6.45, 7) is 3.04. The Balaban J connectivity index is 3.06. The molecule has 58 valence electrons. The van der Waals surface area contributed by atoms with Crippen LogP contribution in [0.3, 0.4) is 0 Å². The van der Waals surface area contributed by atoms with Gasteiger partial charge >= 0.3 is 6.03 Å². The number of carbonyl (C=O) groups excluding carboxylic acids is 2. The third kappa shape index (κ3) is 0.912. The van der Waals surface area contributed by atoms with Crippen LogP contribution in [0, 0.1) is 0 Å². The predicted octanol–water partition coefficient (Wildman–Crippen LogP) is 0.267. The van der Waals surface area contributed by atoms with Gasteiger partial charge in [0.1, 0.15) is 5.54 Å². The summed E-state index contributed by atoms with van der Waals surface area (Å²) < 4.78 is 0.787. The molecule has 0 aromatic carbocycles. The van der Waals surface area contributed by atoms with Gasteiger partial charge in [0, 0.05) is 11.8 Å². The molecule has 0 unspecified atom stereocenters. The van der Waals surface area contributed by atoms with Gasteiger partial charge in [-0.25, -0.2) is 9.21 Å². The van der Waals surface area contributed by atoms with Crippen LogP contribution in [0.4, 0.5) is 4.79 Å². The summed E-state index contributed by atoms with van der Waals surface area (Å²) in [5, 5.41) is 0. The standard InChI is InChI=1S/C5H6BClN2O2/c1-5(2)3(10)8(6)4(11)9(5)7/h1-2H3.